The van der Waals surface area contributed by atoms with E-state index < -0.39 is 12.1 Å². The topological polar surface area (TPSA) is 95.9 Å². The molecule has 0 fully saturated rings. The molecule has 0 aliphatic rings. The van der Waals surface area contributed by atoms with Crippen LogP contribution in [0.2, 0.25) is 0 Å². The predicted octanol–water partition coefficient (Wildman–Crippen LogP) is 16.4. The van der Waals surface area contributed by atoms with Gasteiger partial charge in [0.05, 0.1) is 25.4 Å². The highest BCUT2D eigenvalue weighted by Gasteiger charge is 2.18. The van der Waals surface area contributed by atoms with E-state index in [1.807, 2.05) is 6.08 Å². The fourth-order valence-corrected chi connectivity index (χ4v) is 7.82. The van der Waals surface area contributed by atoms with Gasteiger partial charge in [0.1, 0.15) is 0 Å². The van der Waals surface area contributed by atoms with E-state index in [-0.39, 0.29) is 18.5 Å². The second-order valence-corrected chi connectivity index (χ2v) is 18.2. The fraction of sp³-hybridized carbons (Fsp3) is 0.789. The van der Waals surface area contributed by atoms with Gasteiger partial charge in [0.2, 0.25) is 5.91 Å². The summed E-state index contributed by atoms with van der Waals surface area (Å²) >= 11 is 0. The van der Waals surface area contributed by atoms with Gasteiger partial charge in [0.25, 0.3) is 0 Å². The van der Waals surface area contributed by atoms with Crippen LogP contribution in [-0.2, 0) is 14.3 Å². The molecule has 0 aliphatic carbocycles. The summed E-state index contributed by atoms with van der Waals surface area (Å²) in [6.45, 7) is 4.78. The monoisotopic (exact) mass is 882 g/mol. The molecule has 0 spiro atoms. The standard InChI is InChI=1S/C57H103NO5/c1-3-5-7-9-11-13-15-17-18-22-26-29-33-37-41-45-49-55(60)54(53-59)58-56(61)50-46-42-38-34-30-27-23-20-19-21-24-28-32-36-40-44-48-52-63-57(62)51-47-43-39-35-31-25-16-14-12-10-8-6-4-2/h8,10,14,16,19,21,28,32,45,49,54-55,59-60H,3-7,9,11-13,15,17-18,20,22-27,29-31,33-44,46-48,50-53H2,1-2H3,(H,58,61)/b10-8-,16-14-,21-19-,32-28-,49-45+. The van der Waals surface area contributed by atoms with Crippen molar-refractivity contribution in [2.45, 2.75) is 276 Å². The molecule has 0 aliphatic heterocycles. The SMILES string of the molecule is CCC/C=C\C/C=C\CCCCCCCC(=O)OCCCCC/C=C\C/C=C\CCCCCCCCCC(=O)NC(CO)C(O)/C=C/CCCCCCCCCCCCCCCC. The van der Waals surface area contributed by atoms with Gasteiger partial charge in [-0.15, -0.1) is 0 Å². The summed E-state index contributed by atoms with van der Waals surface area (Å²) in [4.78, 5) is 24.4. The summed E-state index contributed by atoms with van der Waals surface area (Å²) in [5, 5.41) is 23.1. The molecular weight excluding hydrogens is 779 g/mol. The van der Waals surface area contributed by atoms with Crippen molar-refractivity contribution in [1.82, 2.24) is 5.32 Å². The van der Waals surface area contributed by atoms with Crippen LogP contribution in [-0.4, -0.2) is 47.4 Å². The lowest BCUT2D eigenvalue weighted by Gasteiger charge is -2.20. The zero-order valence-electron chi connectivity index (χ0n) is 41.5. The zero-order chi connectivity index (χ0) is 45.8. The largest absolute Gasteiger partial charge is 0.466 e. The van der Waals surface area contributed by atoms with Crippen LogP contribution >= 0.6 is 0 Å². The highest BCUT2D eigenvalue weighted by molar-refractivity contribution is 5.76. The van der Waals surface area contributed by atoms with Crippen molar-refractivity contribution in [3.8, 4) is 0 Å². The second kappa shape index (κ2) is 52.2. The molecule has 2 atom stereocenters. The smallest absolute Gasteiger partial charge is 0.305 e. The second-order valence-electron chi connectivity index (χ2n) is 18.2. The van der Waals surface area contributed by atoms with Crippen molar-refractivity contribution in [3.63, 3.8) is 0 Å². The van der Waals surface area contributed by atoms with Gasteiger partial charge in [-0.1, -0.05) is 216 Å². The highest BCUT2D eigenvalue weighted by atomic mass is 16.5. The van der Waals surface area contributed by atoms with Gasteiger partial charge >= 0.3 is 5.97 Å². The fourth-order valence-electron chi connectivity index (χ4n) is 7.82. The first-order valence-corrected chi connectivity index (χ1v) is 27.1. The van der Waals surface area contributed by atoms with Gasteiger partial charge in [-0.25, -0.2) is 0 Å². The quantitative estimate of drug-likeness (QED) is 0.0321. The summed E-state index contributed by atoms with van der Waals surface area (Å²) in [5.41, 5.74) is 0. The minimum absolute atomic E-state index is 0.0328. The molecule has 0 aromatic heterocycles. The van der Waals surface area contributed by atoms with Crippen LogP contribution in [0.3, 0.4) is 0 Å². The Kier molecular flexibility index (Phi) is 50.2. The Morgan fingerprint density at radius 2 is 0.825 bits per heavy atom. The molecule has 366 valence electrons. The first-order valence-electron chi connectivity index (χ1n) is 27.1. The number of nitrogens with one attached hydrogen (secondary N) is 1. The molecule has 0 rings (SSSR count). The molecule has 63 heavy (non-hydrogen) atoms. The molecule has 6 heteroatoms. The van der Waals surface area contributed by atoms with Crippen molar-refractivity contribution >= 4 is 11.9 Å². The van der Waals surface area contributed by atoms with Crippen LogP contribution in [0.4, 0.5) is 0 Å². The Bertz CT molecular complexity index is 1110. The van der Waals surface area contributed by atoms with E-state index in [1.165, 1.54) is 141 Å². The van der Waals surface area contributed by atoms with E-state index in [1.54, 1.807) is 6.08 Å². The maximum atomic E-state index is 12.4. The summed E-state index contributed by atoms with van der Waals surface area (Å²) in [7, 11) is 0. The van der Waals surface area contributed by atoms with E-state index in [2.05, 4.69) is 67.8 Å². The number of aliphatic hydroxyl groups is 2. The van der Waals surface area contributed by atoms with Crippen molar-refractivity contribution in [2.75, 3.05) is 13.2 Å². The lowest BCUT2D eigenvalue weighted by Crippen LogP contribution is -2.45. The van der Waals surface area contributed by atoms with Crippen LogP contribution in [0.5, 0.6) is 0 Å². The van der Waals surface area contributed by atoms with Gasteiger partial charge in [0, 0.05) is 12.8 Å². The average Bonchev–Trinajstić information content (AvgIpc) is 3.28. The summed E-state index contributed by atoms with van der Waals surface area (Å²) in [5.74, 6) is -0.118. The highest BCUT2D eigenvalue weighted by Crippen LogP contribution is 2.15. The molecule has 0 heterocycles. The van der Waals surface area contributed by atoms with E-state index in [9.17, 15) is 19.8 Å². The van der Waals surface area contributed by atoms with Gasteiger partial charge in [-0.05, 0) is 96.3 Å². The van der Waals surface area contributed by atoms with E-state index in [0.29, 0.717) is 19.4 Å². The average molecular weight is 882 g/mol. The molecule has 0 aromatic rings. The molecule has 3 N–H and O–H groups in total. The minimum Gasteiger partial charge on any atom is -0.466 e. The number of carbonyl (C=O) groups is 2. The number of aliphatic hydroxyl groups excluding tert-OH is 2. The summed E-state index contributed by atoms with van der Waals surface area (Å²) in [6.07, 6.45) is 66.5. The molecular formula is C57H103NO5. The molecule has 0 bridgehead atoms. The lowest BCUT2D eigenvalue weighted by atomic mass is 10.0. The van der Waals surface area contributed by atoms with Gasteiger partial charge in [-0.2, -0.15) is 0 Å². The van der Waals surface area contributed by atoms with Crippen LogP contribution in [0, 0.1) is 0 Å². The van der Waals surface area contributed by atoms with Gasteiger partial charge < -0.3 is 20.3 Å². The number of unbranched alkanes of at least 4 members (excludes halogenated alkanes) is 30. The number of esters is 1. The molecule has 2 unspecified atom stereocenters. The molecule has 0 saturated carbocycles. The molecule has 0 radical (unpaired) electrons. The Hall–Kier alpha value is -2.44. The number of hydrogen-bond acceptors (Lipinski definition) is 5. The normalized spacial score (nSPS) is 13.1. The lowest BCUT2D eigenvalue weighted by molar-refractivity contribution is -0.143. The number of hydrogen-bond donors (Lipinski definition) is 3. The zero-order valence-corrected chi connectivity index (χ0v) is 41.5. The number of ether oxygens (including phenoxy) is 1. The van der Waals surface area contributed by atoms with Gasteiger partial charge in [0.15, 0.2) is 0 Å². The number of allylic oxidation sites excluding steroid dienone is 9. The summed E-state index contributed by atoms with van der Waals surface area (Å²) in [6, 6.07) is -0.641. The third-order valence-electron chi connectivity index (χ3n) is 12.0. The van der Waals surface area contributed by atoms with Crippen molar-refractivity contribution in [2.24, 2.45) is 0 Å². The number of carbonyl (C=O) groups excluding carboxylic acids is 2. The Morgan fingerprint density at radius 1 is 0.444 bits per heavy atom. The number of amides is 1. The maximum absolute atomic E-state index is 12.4. The number of rotatable bonds is 49. The third kappa shape index (κ3) is 48.8. The molecule has 6 nitrogen and oxygen atoms in total. The first kappa shape index (κ1) is 60.6. The minimum atomic E-state index is -0.856. The summed E-state index contributed by atoms with van der Waals surface area (Å²) < 4.78 is 5.43. The van der Waals surface area contributed by atoms with E-state index in [0.717, 1.165) is 96.3 Å². The van der Waals surface area contributed by atoms with Crippen LogP contribution in [0.1, 0.15) is 264 Å². The third-order valence-corrected chi connectivity index (χ3v) is 12.0. The molecule has 0 aromatic carbocycles. The van der Waals surface area contributed by atoms with E-state index >= 15 is 0 Å². The van der Waals surface area contributed by atoms with Crippen LogP contribution in [0.15, 0.2) is 60.8 Å². The first-order chi connectivity index (χ1) is 31.0. The van der Waals surface area contributed by atoms with E-state index in [4.69, 9.17) is 4.74 Å². The van der Waals surface area contributed by atoms with Crippen molar-refractivity contribution in [3.05, 3.63) is 60.8 Å². The van der Waals surface area contributed by atoms with Crippen molar-refractivity contribution in [1.29, 1.82) is 0 Å². The van der Waals surface area contributed by atoms with Crippen molar-refractivity contribution < 1.29 is 24.5 Å². The van der Waals surface area contributed by atoms with Gasteiger partial charge in [-0.3, -0.25) is 9.59 Å². The van der Waals surface area contributed by atoms with Crippen LogP contribution < -0.4 is 5.32 Å². The predicted molar refractivity (Wildman–Crippen MR) is 273 cm³/mol. The Morgan fingerprint density at radius 3 is 1.27 bits per heavy atom. The Balaban J connectivity index is 3.56. The molecule has 0 saturated heterocycles. The maximum Gasteiger partial charge on any atom is 0.305 e. The van der Waals surface area contributed by atoms with Crippen LogP contribution in [0.25, 0.3) is 0 Å². The molecule has 1 amide bonds. The Labute approximate surface area is 390 Å².